The van der Waals surface area contributed by atoms with Gasteiger partial charge in [0.05, 0.1) is 18.3 Å². The summed E-state index contributed by atoms with van der Waals surface area (Å²) in [5, 5.41) is 0. The molecule has 2 aromatic rings. The minimum Gasteiger partial charge on any atom is -0.491 e. The molecule has 1 N–H and O–H groups in total. The summed E-state index contributed by atoms with van der Waals surface area (Å²) in [7, 11) is -1.61. The molecule has 0 aromatic heterocycles. The summed E-state index contributed by atoms with van der Waals surface area (Å²) in [6.45, 7) is 3.07. The molecule has 1 spiro atoms. The minimum atomic E-state index is -3.40. The predicted octanol–water partition coefficient (Wildman–Crippen LogP) is 3.11. The Labute approximate surface area is 195 Å². The number of carbonyl (C=O) groups is 1. The van der Waals surface area contributed by atoms with E-state index in [0.717, 1.165) is 35.3 Å². The third kappa shape index (κ3) is 4.22. The van der Waals surface area contributed by atoms with Gasteiger partial charge in [-0.15, -0.1) is 0 Å². The monoisotopic (exact) mass is 469 g/mol. The molecule has 2 heterocycles. The van der Waals surface area contributed by atoms with E-state index in [-0.39, 0.29) is 29.3 Å². The van der Waals surface area contributed by atoms with E-state index >= 15 is 0 Å². The Kier molecular flexibility index (Phi) is 5.61. The zero-order valence-corrected chi connectivity index (χ0v) is 20.0. The second-order valence-corrected chi connectivity index (χ2v) is 11.6. The maximum atomic E-state index is 13.5. The van der Waals surface area contributed by atoms with Crippen LogP contribution in [0.3, 0.4) is 0 Å². The number of amides is 2. The van der Waals surface area contributed by atoms with Crippen LogP contribution < -0.4 is 9.46 Å². The van der Waals surface area contributed by atoms with Crippen molar-refractivity contribution in [2.75, 3.05) is 32.5 Å². The van der Waals surface area contributed by atoms with Gasteiger partial charge in [-0.05, 0) is 43.4 Å². The quantitative estimate of drug-likeness (QED) is 0.749. The Hall–Kier alpha value is -2.58. The first-order chi connectivity index (χ1) is 15.8. The van der Waals surface area contributed by atoms with Crippen LogP contribution in [0.4, 0.5) is 4.79 Å². The van der Waals surface area contributed by atoms with Crippen LogP contribution >= 0.6 is 0 Å². The Morgan fingerprint density at radius 2 is 1.94 bits per heavy atom. The molecule has 3 aliphatic rings. The zero-order chi connectivity index (χ0) is 23.2. The van der Waals surface area contributed by atoms with Crippen molar-refractivity contribution in [1.82, 2.24) is 14.5 Å². The van der Waals surface area contributed by atoms with Crippen molar-refractivity contribution in [3.8, 4) is 16.9 Å². The molecular weight excluding hydrogens is 438 g/mol. The fourth-order valence-electron chi connectivity index (χ4n) is 5.24. The molecule has 2 bridgehead atoms. The number of carbonyl (C=O) groups excluding carboxylic acids is 1. The van der Waals surface area contributed by atoms with Gasteiger partial charge in [-0.25, -0.2) is 17.9 Å². The van der Waals surface area contributed by atoms with Crippen molar-refractivity contribution in [3.05, 3.63) is 54.1 Å². The molecule has 2 atom stereocenters. The summed E-state index contributed by atoms with van der Waals surface area (Å²) >= 11 is 0. The van der Waals surface area contributed by atoms with Gasteiger partial charge in [-0.2, -0.15) is 0 Å². The number of fused-ring (bicyclic) bond motifs is 5. The van der Waals surface area contributed by atoms with Gasteiger partial charge in [-0.1, -0.05) is 42.5 Å². The Balaban J connectivity index is 1.57. The number of urea groups is 1. The van der Waals surface area contributed by atoms with Crippen LogP contribution in [-0.2, 0) is 16.4 Å². The fraction of sp³-hybridized carbons (Fsp3) is 0.480. The standard InChI is InChI=1S/C25H31N3O4S/c1-3-33(30,31)26-23-21-16-18-7-6-8-19(15-18)20-9-4-5-10-22(20)32-14-13-27(2)24(29)28(21)17-25(23)11-12-25/h4-10,15,21,23,26H,3,11-14,16-17H2,1-2H3/t21-,23?/m0/s1. The van der Waals surface area contributed by atoms with Gasteiger partial charge in [0.2, 0.25) is 10.0 Å². The van der Waals surface area contributed by atoms with E-state index in [1.807, 2.05) is 35.2 Å². The second-order valence-electron chi connectivity index (χ2n) is 9.51. The maximum absolute atomic E-state index is 13.5. The van der Waals surface area contributed by atoms with E-state index in [1.54, 1.807) is 18.9 Å². The van der Waals surface area contributed by atoms with Crippen LogP contribution in [0.2, 0.25) is 0 Å². The number of hydrogen-bond acceptors (Lipinski definition) is 4. The molecule has 0 radical (unpaired) electrons. The lowest BCUT2D eigenvalue weighted by molar-refractivity contribution is 0.146. The van der Waals surface area contributed by atoms with E-state index in [4.69, 9.17) is 4.74 Å². The van der Waals surface area contributed by atoms with Crippen LogP contribution in [0, 0.1) is 5.41 Å². The van der Waals surface area contributed by atoms with Crippen molar-refractivity contribution in [3.63, 3.8) is 0 Å². The highest BCUT2D eigenvalue weighted by molar-refractivity contribution is 7.89. The average Bonchev–Trinajstić information content (AvgIpc) is 3.54. The maximum Gasteiger partial charge on any atom is 0.320 e. The molecule has 1 saturated carbocycles. The predicted molar refractivity (Wildman–Crippen MR) is 128 cm³/mol. The molecule has 2 fully saturated rings. The second kappa shape index (κ2) is 8.33. The molecule has 33 heavy (non-hydrogen) atoms. The van der Waals surface area contributed by atoms with Gasteiger partial charge in [0.1, 0.15) is 12.4 Å². The summed E-state index contributed by atoms with van der Waals surface area (Å²) in [6, 6.07) is 15.6. The Morgan fingerprint density at radius 3 is 2.70 bits per heavy atom. The first-order valence-electron chi connectivity index (χ1n) is 11.6. The van der Waals surface area contributed by atoms with E-state index in [9.17, 15) is 13.2 Å². The third-order valence-corrected chi connectivity index (χ3v) is 8.71. The smallest absolute Gasteiger partial charge is 0.320 e. The summed E-state index contributed by atoms with van der Waals surface area (Å²) in [5.74, 6) is 0.824. The van der Waals surface area contributed by atoms with Crippen molar-refractivity contribution in [2.45, 2.75) is 38.3 Å². The summed E-state index contributed by atoms with van der Waals surface area (Å²) in [4.78, 5) is 17.1. The first-order valence-corrected chi connectivity index (χ1v) is 13.3. The fourth-order valence-corrected chi connectivity index (χ4v) is 6.20. The summed E-state index contributed by atoms with van der Waals surface area (Å²) < 4.78 is 34.2. The van der Waals surface area contributed by atoms with Crippen molar-refractivity contribution >= 4 is 16.1 Å². The molecule has 1 saturated heterocycles. The number of sulfonamides is 1. The largest absolute Gasteiger partial charge is 0.491 e. The van der Waals surface area contributed by atoms with Crippen molar-refractivity contribution in [1.29, 1.82) is 0 Å². The highest BCUT2D eigenvalue weighted by Crippen LogP contribution is 2.55. The number of nitrogens with zero attached hydrogens (tertiary/aromatic N) is 2. The number of ether oxygens (including phenoxy) is 1. The number of rotatable bonds is 3. The number of benzene rings is 2. The molecule has 8 heteroatoms. The molecule has 1 unspecified atom stereocenters. The van der Waals surface area contributed by atoms with Crippen LogP contribution in [-0.4, -0.2) is 68.8 Å². The number of para-hydroxylation sites is 1. The number of nitrogens with one attached hydrogen (secondary N) is 1. The third-order valence-electron chi connectivity index (χ3n) is 7.34. The molecule has 7 nitrogen and oxygen atoms in total. The molecular formula is C25H31N3O4S. The topological polar surface area (TPSA) is 79.0 Å². The molecule has 2 aliphatic heterocycles. The van der Waals surface area contributed by atoms with Crippen molar-refractivity contribution < 1.29 is 17.9 Å². The van der Waals surface area contributed by atoms with Gasteiger partial charge in [0.25, 0.3) is 0 Å². The Morgan fingerprint density at radius 1 is 1.15 bits per heavy atom. The summed E-state index contributed by atoms with van der Waals surface area (Å²) in [5.41, 5.74) is 2.97. The zero-order valence-electron chi connectivity index (χ0n) is 19.2. The van der Waals surface area contributed by atoms with Crippen molar-refractivity contribution in [2.24, 2.45) is 5.41 Å². The van der Waals surface area contributed by atoms with E-state index in [0.29, 0.717) is 26.1 Å². The van der Waals surface area contributed by atoms with E-state index in [1.165, 1.54) is 0 Å². The van der Waals surface area contributed by atoms with Crippen LogP contribution in [0.5, 0.6) is 5.75 Å². The van der Waals surface area contributed by atoms with Gasteiger partial charge < -0.3 is 14.5 Å². The van der Waals surface area contributed by atoms with Gasteiger partial charge in [0.15, 0.2) is 0 Å². The van der Waals surface area contributed by atoms with Gasteiger partial charge >= 0.3 is 6.03 Å². The van der Waals surface area contributed by atoms with Crippen LogP contribution in [0.25, 0.3) is 11.1 Å². The average molecular weight is 470 g/mol. The summed E-state index contributed by atoms with van der Waals surface area (Å²) in [6.07, 6.45) is 2.46. The molecule has 2 aromatic carbocycles. The van der Waals surface area contributed by atoms with Crippen LogP contribution in [0.15, 0.2) is 48.5 Å². The highest BCUT2D eigenvalue weighted by atomic mass is 32.2. The SMILES string of the molecule is CCS(=O)(=O)NC1[C@@H]2Cc3cccc(c3)-c3ccccc3OCCN(C)C(=O)N2CC12CC2. The van der Waals surface area contributed by atoms with E-state index < -0.39 is 10.0 Å². The van der Waals surface area contributed by atoms with E-state index in [2.05, 4.69) is 22.9 Å². The highest BCUT2D eigenvalue weighted by Gasteiger charge is 2.61. The molecule has 176 valence electrons. The number of hydrogen-bond donors (Lipinski definition) is 1. The lowest BCUT2D eigenvalue weighted by Gasteiger charge is -2.32. The van der Waals surface area contributed by atoms with Gasteiger partial charge in [0, 0.05) is 30.6 Å². The minimum absolute atomic E-state index is 0.0315. The molecule has 1 aliphatic carbocycles. The normalized spacial score (nSPS) is 24.2. The van der Waals surface area contributed by atoms with Gasteiger partial charge in [-0.3, -0.25) is 0 Å². The molecule has 5 rings (SSSR count). The molecule has 2 amide bonds. The first kappa shape index (κ1) is 22.2. The number of likely N-dealkylation sites (N-methyl/N-ethyl adjacent to an activating group) is 1. The van der Waals surface area contributed by atoms with Crippen LogP contribution in [0.1, 0.15) is 25.3 Å². The Bertz CT molecular complexity index is 1160. The lowest BCUT2D eigenvalue weighted by Crippen LogP contribution is -2.52. The lowest BCUT2D eigenvalue weighted by atomic mass is 9.91.